The van der Waals surface area contributed by atoms with Crippen molar-refractivity contribution in [2.24, 2.45) is 0 Å². The van der Waals surface area contributed by atoms with E-state index in [-0.39, 0.29) is 0 Å². The Morgan fingerprint density at radius 3 is 1.58 bits per heavy atom. The first-order chi connectivity index (χ1) is 17.7. The van der Waals surface area contributed by atoms with E-state index < -0.39 is 104 Å². The number of carbonyl (C=O) groups excluding carboxylic acids is 5. The summed E-state index contributed by atoms with van der Waals surface area (Å²) in [6.45, 7) is 4.23. The zero-order valence-electron chi connectivity index (χ0n) is 21.3. The smallest absolute Gasteiger partial charge is 0.305 e. The van der Waals surface area contributed by atoms with Gasteiger partial charge in [0, 0.05) is 34.6 Å². The van der Waals surface area contributed by atoms with Crippen molar-refractivity contribution in [2.45, 2.75) is 96.0 Å². The zero-order chi connectivity index (χ0) is 28.7. The summed E-state index contributed by atoms with van der Waals surface area (Å²) in [5, 5.41) is 30.7. The van der Waals surface area contributed by atoms with Crippen molar-refractivity contribution in [1.29, 1.82) is 0 Å². The van der Waals surface area contributed by atoms with Crippen LogP contribution in [0.3, 0.4) is 0 Å². The van der Waals surface area contributed by atoms with Crippen molar-refractivity contribution in [2.75, 3.05) is 13.2 Å². The van der Waals surface area contributed by atoms with Crippen LogP contribution in [0.15, 0.2) is 0 Å². The molecule has 6 unspecified atom stereocenters. The average Bonchev–Trinajstić information content (AvgIpc) is 2.79. The number of aliphatic hydroxyl groups excluding tert-OH is 3. The average molecular weight is 552 g/mol. The molecular weight excluding hydrogens is 520 g/mol. The van der Waals surface area contributed by atoms with Crippen LogP contribution >= 0.6 is 0 Å². The summed E-state index contributed by atoms with van der Waals surface area (Å²) < 4.78 is 42.2. The molecule has 16 heteroatoms. The molecule has 2 aliphatic rings. The second kappa shape index (κ2) is 13.8. The van der Waals surface area contributed by atoms with Gasteiger partial charge in [0.15, 0.2) is 18.5 Å². The molecule has 0 saturated carbocycles. The molecular formula is C22H32O16. The van der Waals surface area contributed by atoms with Crippen LogP contribution in [-0.2, 0) is 61.9 Å². The Morgan fingerprint density at radius 2 is 1.05 bits per heavy atom. The highest BCUT2D eigenvalue weighted by atomic mass is 16.8. The highest BCUT2D eigenvalue weighted by Crippen LogP contribution is 2.31. The number of carbonyl (C=O) groups is 5. The highest BCUT2D eigenvalue weighted by Gasteiger charge is 2.54. The fourth-order valence-electron chi connectivity index (χ4n) is 3.83. The Hall–Kier alpha value is -2.89. The van der Waals surface area contributed by atoms with Gasteiger partial charge in [-0.05, 0) is 0 Å². The third-order valence-corrected chi connectivity index (χ3v) is 5.32. The monoisotopic (exact) mass is 552 g/mol. The molecule has 2 saturated heterocycles. The minimum Gasteiger partial charge on any atom is -0.463 e. The molecule has 0 bridgehead atoms. The van der Waals surface area contributed by atoms with Crippen LogP contribution in [0.2, 0.25) is 0 Å². The number of ether oxygens (including phenoxy) is 8. The lowest BCUT2D eigenvalue weighted by Gasteiger charge is -2.44. The molecule has 2 aliphatic heterocycles. The normalized spacial score (nSPS) is 34.9. The zero-order valence-corrected chi connectivity index (χ0v) is 21.3. The van der Waals surface area contributed by atoms with E-state index >= 15 is 0 Å². The van der Waals surface area contributed by atoms with Crippen LogP contribution in [-0.4, -0.2) is 120 Å². The van der Waals surface area contributed by atoms with E-state index in [0.717, 1.165) is 34.6 Å². The van der Waals surface area contributed by atoms with Crippen molar-refractivity contribution >= 4 is 29.8 Å². The number of rotatable bonds is 9. The van der Waals surface area contributed by atoms with Gasteiger partial charge >= 0.3 is 29.8 Å². The quantitative estimate of drug-likeness (QED) is 0.198. The standard InChI is InChI=1S/C22H32O16/c1-8(23)31-6-13-15(28)16(29)17(30)21(37-13)32-7-14-18(33-9(2)24)19(34-10(3)25)20(35-11(4)26)22(38-14)36-12(5)27/h13-22,28-30H,6-7H2,1-5H3/t13?,14?,15-,16?,17?,18+,19?,20-,21-,22?/m0/s1. The third-order valence-electron chi connectivity index (χ3n) is 5.32. The molecule has 2 heterocycles. The molecule has 3 N–H and O–H groups in total. The predicted octanol–water partition coefficient (Wildman–Crippen LogP) is -2.54. The maximum Gasteiger partial charge on any atom is 0.305 e. The Labute approximate surface area is 216 Å². The summed E-state index contributed by atoms with van der Waals surface area (Å²) in [6.07, 6.45) is -15.6. The molecule has 0 aromatic rings. The van der Waals surface area contributed by atoms with Gasteiger partial charge in [-0.2, -0.15) is 0 Å². The van der Waals surface area contributed by atoms with Gasteiger partial charge in [-0.1, -0.05) is 0 Å². The van der Waals surface area contributed by atoms with Crippen molar-refractivity contribution < 1.29 is 77.2 Å². The Morgan fingerprint density at radius 1 is 0.553 bits per heavy atom. The molecule has 0 aliphatic carbocycles. The SMILES string of the molecule is CC(=O)OCC1O[C@H](OCC2OC(OC(C)=O)[C@@H](OC(C)=O)C(OC(C)=O)[C@@H]2OC(C)=O)C(O)C(O)[C@H]1O. The summed E-state index contributed by atoms with van der Waals surface area (Å²) in [6, 6.07) is 0. The molecule has 0 aromatic carbocycles. The maximum atomic E-state index is 11.9. The first-order valence-electron chi connectivity index (χ1n) is 11.5. The van der Waals surface area contributed by atoms with Crippen LogP contribution in [0.25, 0.3) is 0 Å². The molecule has 0 spiro atoms. The van der Waals surface area contributed by atoms with Crippen LogP contribution < -0.4 is 0 Å². The minimum absolute atomic E-state index is 0.469. The third kappa shape index (κ3) is 8.57. The summed E-state index contributed by atoms with van der Waals surface area (Å²) in [4.78, 5) is 58.3. The molecule has 16 nitrogen and oxygen atoms in total. The Bertz CT molecular complexity index is 875. The lowest BCUT2D eigenvalue weighted by Crippen LogP contribution is -2.64. The van der Waals surface area contributed by atoms with Crippen LogP contribution in [0.4, 0.5) is 0 Å². The van der Waals surface area contributed by atoms with Gasteiger partial charge in [0.2, 0.25) is 12.4 Å². The first-order valence-corrected chi connectivity index (χ1v) is 11.5. The van der Waals surface area contributed by atoms with Gasteiger partial charge in [0.1, 0.15) is 37.1 Å². The lowest BCUT2D eigenvalue weighted by molar-refractivity contribution is -0.329. The minimum atomic E-state index is -1.78. The van der Waals surface area contributed by atoms with Crippen molar-refractivity contribution in [1.82, 2.24) is 0 Å². The van der Waals surface area contributed by atoms with Crippen molar-refractivity contribution in [3.63, 3.8) is 0 Å². The number of aliphatic hydroxyl groups is 3. The second-order valence-corrected chi connectivity index (χ2v) is 8.53. The van der Waals surface area contributed by atoms with Crippen molar-refractivity contribution in [3.8, 4) is 0 Å². The Kier molecular flexibility index (Phi) is 11.4. The van der Waals surface area contributed by atoms with Crippen LogP contribution in [0.5, 0.6) is 0 Å². The van der Waals surface area contributed by atoms with Gasteiger partial charge in [-0.15, -0.1) is 0 Å². The number of hydrogen-bond acceptors (Lipinski definition) is 16. The first kappa shape index (κ1) is 31.3. The molecule has 2 fully saturated rings. The van der Waals surface area contributed by atoms with Gasteiger partial charge in [0.05, 0.1) is 6.61 Å². The number of esters is 5. The van der Waals surface area contributed by atoms with E-state index in [2.05, 4.69) is 0 Å². The predicted molar refractivity (Wildman–Crippen MR) is 116 cm³/mol. The van der Waals surface area contributed by atoms with E-state index in [4.69, 9.17) is 37.9 Å². The van der Waals surface area contributed by atoms with E-state index in [1.807, 2.05) is 0 Å². The molecule has 0 aromatic heterocycles. The molecule has 0 radical (unpaired) electrons. The fraction of sp³-hybridized carbons (Fsp3) is 0.773. The van der Waals surface area contributed by atoms with E-state index in [9.17, 15) is 39.3 Å². The maximum absolute atomic E-state index is 11.9. The summed E-state index contributed by atoms with van der Waals surface area (Å²) in [7, 11) is 0. The van der Waals surface area contributed by atoms with E-state index in [0.29, 0.717) is 0 Å². The van der Waals surface area contributed by atoms with Gasteiger partial charge in [0.25, 0.3) is 0 Å². The summed E-state index contributed by atoms with van der Waals surface area (Å²) in [5.74, 6) is -4.09. The van der Waals surface area contributed by atoms with Gasteiger partial charge in [-0.25, -0.2) is 0 Å². The molecule has 38 heavy (non-hydrogen) atoms. The molecule has 10 atom stereocenters. The van der Waals surface area contributed by atoms with Gasteiger partial charge in [-0.3, -0.25) is 24.0 Å². The highest BCUT2D eigenvalue weighted by molar-refractivity contribution is 5.69. The van der Waals surface area contributed by atoms with Crippen LogP contribution in [0.1, 0.15) is 34.6 Å². The molecule has 0 amide bonds. The van der Waals surface area contributed by atoms with Gasteiger partial charge < -0.3 is 53.2 Å². The molecule has 2 rings (SSSR count). The second-order valence-electron chi connectivity index (χ2n) is 8.53. The van der Waals surface area contributed by atoms with E-state index in [1.54, 1.807) is 0 Å². The topological polar surface area (TPSA) is 220 Å². The Balaban J connectivity index is 2.32. The van der Waals surface area contributed by atoms with Crippen LogP contribution in [0, 0.1) is 0 Å². The lowest BCUT2D eigenvalue weighted by atomic mass is 9.97. The van der Waals surface area contributed by atoms with Crippen molar-refractivity contribution in [3.05, 3.63) is 0 Å². The molecule has 216 valence electrons. The summed E-state index contributed by atoms with van der Waals surface area (Å²) in [5.41, 5.74) is 0. The number of hydrogen-bond donors (Lipinski definition) is 3. The van der Waals surface area contributed by atoms with E-state index in [1.165, 1.54) is 0 Å². The largest absolute Gasteiger partial charge is 0.463 e. The fourth-order valence-corrected chi connectivity index (χ4v) is 3.83. The summed E-state index contributed by atoms with van der Waals surface area (Å²) >= 11 is 0.